The molecule has 9 heteroatoms. The van der Waals surface area contributed by atoms with Crippen LogP contribution in [0.4, 0.5) is 0 Å². The summed E-state index contributed by atoms with van der Waals surface area (Å²) in [6.07, 6.45) is 1.18. The Bertz CT molecular complexity index is 630. The summed E-state index contributed by atoms with van der Waals surface area (Å²) in [6, 6.07) is 0. The van der Waals surface area contributed by atoms with Crippen molar-refractivity contribution >= 4 is 26.3 Å². The van der Waals surface area contributed by atoms with E-state index in [1.54, 1.807) is 4.52 Å². The number of aromatic nitrogens is 4. The zero-order chi connectivity index (χ0) is 13.2. The third-order valence-corrected chi connectivity index (χ3v) is 4.87. The average Bonchev–Trinajstić information content (AvgIpc) is 2.81. The van der Waals surface area contributed by atoms with Crippen molar-refractivity contribution in [3.05, 3.63) is 10.8 Å². The summed E-state index contributed by atoms with van der Waals surface area (Å²) in [5.41, 5.74) is 0. The Morgan fingerprint density at radius 3 is 2.83 bits per heavy atom. The molecule has 0 aliphatic carbocycles. The van der Waals surface area contributed by atoms with Crippen molar-refractivity contribution in [1.82, 2.24) is 24.5 Å². The van der Waals surface area contributed by atoms with E-state index in [0.29, 0.717) is 19.4 Å². The lowest BCUT2D eigenvalue weighted by molar-refractivity contribution is 0.580. The van der Waals surface area contributed by atoms with Gasteiger partial charge in [-0.25, -0.2) is 13.1 Å². The average molecular weight is 289 g/mol. The van der Waals surface area contributed by atoms with Crippen LogP contribution in [0.1, 0.15) is 24.2 Å². The monoisotopic (exact) mass is 289 g/mol. The quantitative estimate of drug-likeness (QED) is 0.829. The first-order chi connectivity index (χ1) is 8.52. The Labute approximate surface area is 109 Å². The normalized spacial score (nSPS) is 12.3. The molecule has 0 aromatic carbocycles. The third-order valence-electron chi connectivity index (χ3n) is 2.32. The van der Waals surface area contributed by atoms with Gasteiger partial charge in [-0.2, -0.15) is 9.61 Å². The number of hydrogen-bond acceptors (Lipinski definition) is 6. The van der Waals surface area contributed by atoms with Crippen LogP contribution in [-0.2, 0) is 16.4 Å². The second kappa shape index (κ2) is 5.29. The van der Waals surface area contributed by atoms with Crippen LogP contribution in [0.3, 0.4) is 0 Å². The van der Waals surface area contributed by atoms with Gasteiger partial charge in [-0.3, -0.25) is 0 Å². The van der Waals surface area contributed by atoms with Crippen LogP contribution in [-0.4, -0.2) is 40.5 Å². The van der Waals surface area contributed by atoms with Crippen molar-refractivity contribution in [2.24, 2.45) is 0 Å². The highest BCUT2D eigenvalue weighted by atomic mass is 32.2. The molecule has 2 aromatic heterocycles. The van der Waals surface area contributed by atoms with Crippen molar-refractivity contribution in [3.8, 4) is 0 Å². The Morgan fingerprint density at radius 1 is 1.39 bits per heavy atom. The number of hydrogen-bond donors (Lipinski definition) is 1. The van der Waals surface area contributed by atoms with E-state index in [-0.39, 0.29) is 5.75 Å². The molecular formula is C9H15N5O2S2. The molecule has 100 valence electrons. The molecule has 0 bridgehead atoms. The van der Waals surface area contributed by atoms with Crippen LogP contribution in [0.25, 0.3) is 4.96 Å². The molecule has 2 heterocycles. The fourth-order valence-corrected chi connectivity index (χ4v) is 3.48. The number of nitrogens with one attached hydrogen (secondary N) is 1. The van der Waals surface area contributed by atoms with Crippen molar-refractivity contribution < 1.29 is 8.42 Å². The van der Waals surface area contributed by atoms with Crippen LogP contribution in [0.2, 0.25) is 0 Å². The van der Waals surface area contributed by atoms with Crippen molar-refractivity contribution in [2.45, 2.75) is 26.7 Å². The first kappa shape index (κ1) is 13.4. The van der Waals surface area contributed by atoms with Gasteiger partial charge in [-0.15, -0.1) is 10.2 Å². The van der Waals surface area contributed by atoms with Gasteiger partial charge in [0.15, 0.2) is 5.82 Å². The summed E-state index contributed by atoms with van der Waals surface area (Å²) in [5.74, 6) is 0.899. The Kier molecular flexibility index (Phi) is 3.93. The number of sulfonamides is 1. The Morgan fingerprint density at radius 2 is 2.17 bits per heavy atom. The molecule has 0 amide bonds. The lowest BCUT2D eigenvalue weighted by atomic mass is 10.5. The van der Waals surface area contributed by atoms with Gasteiger partial charge >= 0.3 is 0 Å². The third kappa shape index (κ3) is 3.03. The standard InChI is InChI=1S/C9H15N5O2S2/c1-3-6-18(15,16)10-5-4-8-13-14-7(2)11-12-9(14)17-8/h10H,3-6H2,1-2H3. The summed E-state index contributed by atoms with van der Waals surface area (Å²) >= 11 is 1.43. The first-order valence-electron chi connectivity index (χ1n) is 5.67. The van der Waals surface area contributed by atoms with E-state index >= 15 is 0 Å². The SMILES string of the molecule is CCCS(=O)(=O)NCCc1nn2c(C)nnc2s1. The molecule has 7 nitrogen and oxygen atoms in total. The molecule has 0 spiro atoms. The fraction of sp³-hybridized carbons (Fsp3) is 0.667. The summed E-state index contributed by atoms with van der Waals surface area (Å²) in [7, 11) is -3.13. The van der Waals surface area contributed by atoms with E-state index in [4.69, 9.17) is 0 Å². The minimum absolute atomic E-state index is 0.164. The van der Waals surface area contributed by atoms with E-state index in [2.05, 4.69) is 20.0 Å². The molecule has 0 aliphatic rings. The van der Waals surface area contributed by atoms with Crippen LogP contribution in [0, 0.1) is 6.92 Å². The van der Waals surface area contributed by atoms with Gasteiger partial charge in [0, 0.05) is 13.0 Å². The molecule has 0 saturated heterocycles. The molecule has 0 fully saturated rings. The van der Waals surface area contributed by atoms with E-state index in [9.17, 15) is 8.42 Å². The number of nitrogens with zero attached hydrogens (tertiary/aromatic N) is 4. The molecule has 0 aliphatic heterocycles. The van der Waals surface area contributed by atoms with Gasteiger partial charge in [0.2, 0.25) is 15.0 Å². The van der Waals surface area contributed by atoms with E-state index < -0.39 is 10.0 Å². The molecule has 0 saturated carbocycles. The van der Waals surface area contributed by atoms with E-state index in [0.717, 1.165) is 15.8 Å². The minimum atomic E-state index is -3.13. The summed E-state index contributed by atoms with van der Waals surface area (Å²) in [6.45, 7) is 4.03. The zero-order valence-corrected chi connectivity index (χ0v) is 11.9. The Hall–Kier alpha value is -1.06. The highest BCUT2D eigenvalue weighted by molar-refractivity contribution is 7.89. The molecule has 1 N–H and O–H groups in total. The molecule has 0 unspecified atom stereocenters. The number of fused-ring (bicyclic) bond motifs is 1. The lowest BCUT2D eigenvalue weighted by Gasteiger charge is -2.03. The minimum Gasteiger partial charge on any atom is -0.215 e. The van der Waals surface area contributed by atoms with Gasteiger partial charge in [0.05, 0.1) is 5.75 Å². The van der Waals surface area contributed by atoms with Gasteiger partial charge in [0.25, 0.3) is 0 Å². The van der Waals surface area contributed by atoms with Gasteiger partial charge in [-0.1, -0.05) is 18.3 Å². The first-order valence-corrected chi connectivity index (χ1v) is 8.14. The lowest BCUT2D eigenvalue weighted by Crippen LogP contribution is -2.28. The second-order valence-electron chi connectivity index (χ2n) is 3.90. The van der Waals surface area contributed by atoms with Crippen molar-refractivity contribution in [1.29, 1.82) is 0 Å². The predicted octanol–water partition coefficient (Wildman–Crippen LogP) is 0.366. The van der Waals surface area contributed by atoms with Crippen molar-refractivity contribution in [3.63, 3.8) is 0 Å². The molecular weight excluding hydrogens is 274 g/mol. The smallest absolute Gasteiger partial charge is 0.215 e. The summed E-state index contributed by atoms with van der Waals surface area (Å²) in [4.78, 5) is 0.735. The fourth-order valence-electron chi connectivity index (χ4n) is 1.51. The number of aryl methyl sites for hydroxylation is 1. The van der Waals surface area contributed by atoms with E-state index in [1.807, 2.05) is 13.8 Å². The topological polar surface area (TPSA) is 89.2 Å². The molecule has 18 heavy (non-hydrogen) atoms. The highest BCUT2D eigenvalue weighted by Gasteiger charge is 2.11. The van der Waals surface area contributed by atoms with Crippen molar-refractivity contribution in [2.75, 3.05) is 12.3 Å². The molecule has 0 atom stereocenters. The Balaban J connectivity index is 1.94. The van der Waals surface area contributed by atoms with Crippen LogP contribution >= 0.6 is 11.3 Å². The van der Waals surface area contributed by atoms with Crippen LogP contribution in [0.15, 0.2) is 0 Å². The van der Waals surface area contributed by atoms with Gasteiger partial charge in [-0.05, 0) is 13.3 Å². The van der Waals surface area contributed by atoms with Gasteiger partial charge in [0.1, 0.15) is 5.01 Å². The molecule has 0 radical (unpaired) electrons. The summed E-state index contributed by atoms with van der Waals surface area (Å²) in [5, 5.41) is 13.0. The van der Waals surface area contributed by atoms with Gasteiger partial charge < -0.3 is 0 Å². The molecule has 2 rings (SSSR count). The van der Waals surface area contributed by atoms with Crippen LogP contribution < -0.4 is 4.72 Å². The maximum Gasteiger partial charge on any atom is 0.234 e. The maximum atomic E-state index is 11.4. The largest absolute Gasteiger partial charge is 0.234 e. The zero-order valence-electron chi connectivity index (χ0n) is 10.3. The highest BCUT2D eigenvalue weighted by Crippen LogP contribution is 2.13. The molecule has 2 aromatic rings. The second-order valence-corrected chi connectivity index (χ2v) is 6.87. The van der Waals surface area contributed by atoms with E-state index in [1.165, 1.54) is 11.3 Å². The van der Waals surface area contributed by atoms with Crippen LogP contribution in [0.5, 0.6) is 0 Å². The number of rotatable bonds is 6. The summed E-state index contributed by atoms with van der Waals surface area (Å²) < 4.78 is 27.1. The maximum absolute atomic E-state index is 11.4. The predicted molar refractivity (Wildman–Crippen MR) is 69.2 cm³/mol.